The molecular formula is C8H7FN2O. The first-order valence-electron chi connectivity index (χ1n) is 3.51. The number of nitrogen functional groups attached to an aromatic ring is 1. The molecule has 12 heavy (non-hydrogen) atoms. The van der Waals surface area contributed by atoms with E-state index in [0.717, 1.165) is 0 Å². The van der Waals surface area contributed by atoms with Crippen LogP contribution in [0.1, 0.15) is 5.69 Å². The van der Waals surface area contributed by atoms with E-state index >= 15 is 0 Å². The monoisotopic (exact) mass is 166 g/mol. The van der Waals surface area contributed by atoms with Gasteiger partial charge in [-0.15, -0.1) is 0 Å². The number of hydrogen-bond acceptors (Lipinski definition) is 3. The standard InChI is InChI=1S/C8H7FN2O/c9-4-6-8-5(10)2-1-3-7(8)12-11-6/h1-3H,4,10H2. The smallest absolute Gasteiger partial charge is 0.169 e. The van der Waals surface area contributed by atoms with Crippen molar-refractivity contribution in [3.63, 3.8) is 0 Å². The van der Waals surface area contributed by atoms with E-state index in [0.29, 0.717) is 16.7 Å². The van der Waals surface area contributed by atoms with Gasteiger partial charge in [-0.2, -0.15) is 0 Å². The third-order valence-electron chi connectivity index (χ3n) is 1.73. The molecule has 2 rings (SSSR count). The molecule has 0 aliphatic heterocycles. The molecule has 0 aliphatic carbocycles. The number of nitrogens with zero attached hydrogens (tertiary/aromatic N) is 1. The Bertz CT molecular complexity index is 410. The lowest BCUT2D eigenvalue weighted by Gasteiger charge is -1.93. The molecule has 0 aliphatic rings. The fraction of sp³-hybridized carbons (Fsp3) is 0.125. The van der Waals surface area contributed by atoms with Crippen molar-refractivity contribution >= 4 is 16.7 Å². The molecule has 1 aromatic carbocycles. The van der Waals surface area contributed by atoms with Crippen molar-refractivity contribution in [3.05, 3.63) is 23.9 Å². The Labute approximate surface area is 67.9 Å². The minimum Gasteiger partial charge on any atom is -0.398 e. The second-order valence-electron chi connectivity index (χ2n) is 2.48. The van der Waals surface area contributed by atoms with E-state index in [1.54, 1.807) is 18.2 Å². The minimum absolute atomic E-state index is 0.267. The maximum atomic E-state index is 12.3. The van der Waals surface area contributed by atoms with Gasteiger partial charge in [0.25, 0.3) is 0 Å². The molecular weight excluding hydrogens is 159 g/mol. The summed E-state index contributed by atoms with van der Waals surface area (Å²) in [6, 6.07) is 5.14. The number of nitrogens with two attached hydrogens (primary N) is 1. The van der Waals surface area contributed by atoms with E-state index in [1.807, 2.05) is 0 Å². The average Bonchev–Trinajstić information content (AvgIpc) is 2.49. The second-order valence-corrected chi connectivity index (χ2v) is 2.48. The van der Waals surface area contributed by atoms with E-state index in [1.165, 1.54) is 0 Å². The van der Waals surface area contributed by atoms with Gasteiger partial charge in [0, 0.05) is 5.69 Å². The molecule has 0 radical (unpaired) electrons. The summed E-state index contributed by atoms with van der Waals surface area (Å²) in [5.41, 5.74) is 6.91. The van der Waals surface area contributed by atoms with Crippen LogP contribution in [0.15, 0.2) is 22.7 Å². The van der Waals surface area contributed by atoms with Crippen molar-refractivity contribution in [1.29, 1.82) is 0 Å². The maximum Gasteiger partial charge on any atom is 0.169 e. The van der Waals surface area contributed by atoms with Crippen LogP contribution in [0.5, 0.6) is 0 Å². The lowest BCUT2D eigenvalue weighted by Crippen LogP contribution is -1.87. The third kappa shape index (κ3) is 0.845. The Morgan fingerprint density at radius 1 is 1.50 bits per heavy atom. The maximum absolute atomic E-state index is 12.3. The molecule has 0 saturated heterocycles. The van der Waals surface area contributed by atoms with Crippen LogP contribution >= 0.6 is 0 Å². The molecule has 0 bridgehead atoms. The summed E-state index contributed by atoms with van der Waals surface area (Å²) >= 11 is 0. The van der Waals surface area contributed by atoms with Crippen LogP contribution in [-0.2, 0) is 6.67 Å². The number of halogens is 1. The largest absolute Gasteiger partial charge is 0.398 e. The van der Waals surface area contributed by atoms with Crippen molar-refractivity contribution in [3.8, 4) is 0 Å². The Morgan fingerprint density at radius 3 is 3.08 bits per heavy atom. The van der Waals surface area contributed by atoms with Gasteiger partial charge >= 0.3 is 0 Å². The summed E-state index contributed by atoms with van der Waals surface area (Å²) in [5, 5.41) is 4.13. The van der Waals surface area contributed by atoms with Crippen LogP contribution in [0.25, 0.3) is 11.0 Å². The summed E-state index contributed by atoms with van der Waals surface area (Å²) in [4.78, 5) is 0. The highest BCUT2D eigenvalue weighted by molar-refractivity contribution is 5.90. The molecule has 0 fully saturated rings. The molecule has 0 atom stereocenters. The van der Waals surface area contributed by atoms with Gasteiger partial charge in [-0.3, -0.25) is 0 Å². The van der Waals surface area contributed by atoms with Gasteiger partial charge in [0.05, 0.1) is 5.39 Å². The molecule has 0 saturated carbocycles. The molecule has 2 aromatic rings. The summed E-state index contributed by atoms with van der Waals surface area (Å²) in [5.74, 6) is 0. The Kier molecular flexibility index (Phi) is 1.46. The first-order chi connectivity index (χ1) is 5.83. The van der Waals surface area contributed by atoms with Crippen LogP contribution < -0.4 is 5.73 Å². The van der Waals surface area contributed by atoms with E-state index < -0.39 is 6.67 Å². The van der Waals surface area contributed by atoms with Gasteiger partial charge in [0.15, 0.2) is 5.58 Å². The zero-order valence-electron chi connectivity index (χ0n) is 6.25. The number of aromatic nitrogens is 1. The van der Waals surface area contributed by atoms with Crippen molar-refractivity contribution in [1.82, 2.24) is 5.16 Å². The van der Waals surface area contributed by atoms with Crippen LogP contribution in [-0.4, -0.2) is 5.16 Å². The average molecular weight is 166 g/mol. The number of fused-ring (bicyclic) bond motifs is 1. The van der Waals surface area contributed by atoms with Crippen LogP contribution in [0.2, 0.25) is 0 Å². The molecule has 62 valence electrons. The second kappa shape index (κ2) is 2.48. The molecule has 0 unspecified atom stereocenters. The molecule has 3 nitrogen and oxygen atoms in total. The molecule has 2 N–H and O–H groups in total. The number of benzene rings is 1. The highest BCUT2D eigenvalue weighted by Crippen LogP contribution is 2.24. The predicted octanol–water partition coefficient (Wildman–Crippen LogP) is 1.88. The van der Waals surface area contributed by atoms with Gasteiger partial charge in [-0.25, -0.2) is 4.39 Å². The number of hydrogen-bond donors (Lipinski definition) is 1. The molecule has 1 heterocycles. The Balaban J connectivity index is 2.83. The van der Waals surface area contributed by atoms with Gasteiger partial charge in [-0.05, 0) is 12.1 Å². The van der Waals surface area contributed by atoms with Crippen LogP contribution in [0.3, 0.4) is 0 Å². The Hall–Kier alpha value is -1.58. The first-order valence-corrected chi connectivity index (χ1v) is 3.51. The minimum atomic E-state index is -0.652. The van der Waals surface area contributed by atoms with Crippen molar-refractivity contribution in [2.45, 2.75) is 6.67 Å². The zero-order valence-corrected chi connectivity index (χ0v) is 6.25. The number of alkyl halides is 1. The van der Waals surface area contributed by atoms with E-state index in [-0.39, 0.29) is 5.69 Å². The number of anilines is 1. The van der Waals surface area contributed by atoms with Crippen molar-refractivity contribution in [2.75, 3.05) is 5.73 Å². The summed E-state index contributed by atoms with van der Waals surface area (Å²) in [7, 11) is 0. The topological polar surface area (TPSA) is 52.0 Å². The van der Waals surface area contributed by atoms with E-state index in [4.69, 9.17) is 10.3 Å². The fourth-order valence-corrected chi connectivity index (χ4v) is 1.17. The lowest BCUT2D eigenvalue weighted by molar-refractivity contribution is 0.410. The van der Waals surface area contributed by atoms with Crippen LogP contribution in [0.4, 0.5) is 10.1 Å². The van der Waals surface area contributed by atoms with Gasteiger partial charge in [0.1, 0.15) is 12.4 Å². The van der Waals surface area contributed by atoms with Gasteiger partial charge in [-0.1, -0.05) is 11.2 Å². The summed E-state index contributed by atoms with van der Waals surface area (Å²) < 4.78 is 17.1. The predicted molar refractivity (Wildman–Crippen MR) is 43.2 cm³/mol. The summed E-state index contributed by atoms with van der Waals surface area (Å²) in [6.45, 7) is -0.652. The van der Waals surface area contributed by atoms with Gasteiger partial charge < -0.3 is 10.3 Å². The number of rotatable bonds is 1. The molecule has 0 amide bonds. The first kappa shape index (κ1) is 7.09. The highest BCUT2D eigenvalue weighted by atomic mass is 19.1. The zero-order chi connectivity index (χ0) is 8.55. The van der Waals surface area contributed by atoms with Gasteiger partial charge in [0.2, 0.25) is 0 Å². The van der Waals surface area contributed by atoms with E-state index in [9.17, 15) is 4.39 Å². The summed E-state index contributed by atoms with van der Waals surface area (Å²) in [6.07, 6.45) is 0. The van der Waals surface area contributed by atoms with E-state index in [2.05, 4.69) is 5.16 Å². The molecule has 0 spiro atoms. The normalized spacial score (nSPS) is 10.8. The highest BCUT2D eigenvalue weighted by Gasteiger charge is 2.09. The lowest BCUT2D eigenvalue weighted by atomic mass is 10.2. The van der Waals surface area contributed by atoms with Crippen molar-refractivity contribution < 1.29 is 8.91 Å². The van der Waals surface area contributed by atoms with Crippen LogP contribution in [0, 0.1) is 0 Å². The van der Waals surface area contributed by atoms with Crippen molar-refractivity contribution in [2.24, 2.45) is 0 Å². The fourth-order valence-electron chi connectivity index (χ4n) is 1.17. The molecule has 4 heteroatoms. The quantitative estimate of drug-likeness (QED) is 0.658. The third-order valence-corrected chi connectivity index (χ3v) is 1.73. The SMILES string of the molecule is Nc1cccc2onc(CF)c12. The molecule has 1 aromatic heterocycles. The Morgan fingerprint density at radius 2 is 2.33 bits per heavy atom.